The maximum atomic E-state index is 11.6. The molecule has 0 aliphatic rings. The molecule has 0 bridgehead atoms. The monoisotopic (exact) mass is 278 g/mol. The molecule has 0 spiro atoms. The van der Waals surface area contributed by atoms with E-state index >= 15 is 0 Å². The van der Waals surface area contributed by atoms with Gasteiger partial charge in [-0.1, -0.05) is 26.0 Å². The Hall–Kier alpha value is -1.55. The van der Waals surface area contributed by atoms with Crippen molar-refractivity contribution in [1.82, 2.24) is 10.6 Å². The minimum Gasteiger partial charge on any atom is -0.497 e. The van der Waals surface area contributed by atoms with Gasteiger partial charge in [0.25, 0.3) is 0 Å². The second-order valence-corrected chi connectivity index (χ2v) is 5.53. The average molecular weight is 278 g/mol. The summed E-state index contributed by atoms with van der Waals surface area (Å²) in [4.78, 5) is 11.6. The van der Waals surface area contributed by atoms with Crippen LogP contribution in [0.2, 0.25) is 0 Å². The molecule has 0 aliphatic heterocycles. The van der Waals surface area contributed by atoms with E-state index in [9.17, 15) is 4.79 Å². The Morgan fingerprint density at radius 3 is 2.40 bits per heavy atom. The Morgan fingerprint density at radius 2 is 1.85 bits per heavy atom. The first-order chi connectivity index (χ1) is 9.51. The molecule has 1 amide bonds. The SMILES string of the molecule is COc1ccc(CC(C)NCC(=O)NCC(C)C)cc1. The van der Waals surface area contributed by atoms with Gasteiger partial charge in [-0.15, -0.1) is 0 Å². The lowest BCUT2D eigenvalue weighted by Crippen LogP contribution is -2.39. The molecule has 4 heteroatoms. The van der Waals surface area contributed by atoms with Crippen LogP contribution in [0.3, 0.4) is 0 Å². The Labute approximate surface area is 121 Å². The summed E-state index contributed by atoms with van der Waals surface area (Å²) < 4.78 is 5.13. The maximum Gasteiger partial charge on any atom is 0.233 e. The van der Waals surface area contributed by atoms with E-state index in [1.54, 1.807) is 7.11 Å². The molecule has 0 heterocycles. The highest BCUT2D eigenvalue weighted by Gasteiger charge is 2.07. The number of carbonyl (C=O) groups is 1. The van der Waals surface area contributed by atoms with Crippen molar-refractivity contribution >= 4 is 5.91 Å². The van der Waals surface area contributed by atoms with E-state index in [0.29, 0.717) is 12.5 Å². The molecule has 0 aliphatic carbocycles. The van der Waals surface area contributed by atoms with Gasteiger partial charge in [0.2, 0.25) is 5.91 Å². The van der Waals surface area contributed by atoms with Gasteiger partial charge in [-0.25, -0.2) is 0 Å². The summed E-state index contributed by atoms with van der Waals surface area (Å²) in [6, 6.07) is 8.27. The van der Waals surface area contributed by atoms with Gasteiger partial charge in [-0.2, -0.15) is 0 Å². The lowest BCUT2D eigenvalue weighted by molar-refractivity contribution is -0.120. The molecule has 1 unspecified atom stereocenters. The smallest absolute Gasteiger partial charge is 0.233 e. The van der Waals surface area contributed by atoms with Crippen LogP contribution >= 0.6 is 0 Å². The van der Waals surface area contributed by atoms with Gasteiger partial charge in [0.05, 0.1) is 13.7 Å². The van der Waals surface area contributed by atoms with Crippen molar-refractivity contribution in [3.8, 4) is 5.75 Å². The van der Waals surface area contributed by atoms with Gasteiger partial charge in [-0.3, -0.25) is 4.79 Å². The molecule has 20 heavy (non-hydrogen) atoms. The highest BCUT2D eigenvalue weighted by Crippen LogP contribution is 2.12. The van der Waals surface area contributed by atoms with Crippen LogP contribution in [0.25, 0.3) is 0 Å². The molecule has 1 aromatic carbocycles. The lowest BCUT2D eigenvalue weighted by Gasteiger charge is -2.14. The zero-order chi connectivity index (χ0) is 15.0. The molecule has 1 rings (SSSR count). The van der Waals surface area contributed by atoms with E-state index in [4.69, 9.17) is 4.74 Å². The predicted octanol–water partition coefficient (Wildman–Crippen LogP) is 1.99. The highest BCUT2D eigenvalue weighted by molar-refractivity contribution is 5.77. The van der Waals surface area contributed by atoms with Crippen molar-refractivity contribution in [3.63, 3.8) is 0 Å². The molecule has 1 atom stereocenters. The molecule has 0 saturated carbocycles. The number of amides is 1. The third-order valence-electron chi connectivity index (χ3n) is 3.02. The van der Waals surface area contributed by atoms with Crippen LogP contribution in [0, 0.1) is 5.92 Å². The molecule has 2 N–H and O–H groups in total. The van der Waals surface area contributed by atoms with Crippen molar-refractivity contribution in [2.75, 3.05) is 20.2 Å². The van der Waals surface area contributed by atoms with Gasteiger partial charge in [0.15, 0.2) is 0 Å². The minimum atomic E-state index is 0.0558. The third kappa shape index (κ3) is 6.57. The fraction of sp³-hybridized carbons (Fsp3) is 0.562. The topological polar surface area (TPSA) is 50.4 Å². The number of carbonyl (C=O) groups excluding carboxylic acids is 1. The van der Waals surface area contributed by atoms with Crippen LogP contribution in [0.1, 0.15) is 26.3 Å². The van der Waals surface area contributed by atoms with Crippen molar-refractivity contribution in [3.05, 3.63) is 29.8 Å². The average Bonchev–Trinajstić information content (AvgIpc) is 2.43. The van der Waals surface area contributed by atoms with Crippen molar-refractivity contribution < 1.29 is 9.53 Å². The van der Waals surface area contributed by atoms with Gasteiger partial charge in [0, 0.05) is 12.6 Å². The largest absolute Gasteiger partial charge is 0.497 e. The second kappa shape index (κ2) is 8.59. The molecule has 0 saturated heterocycles. The second-order valence-electron chi connectivity index (χ2n) is 5.53. The number of ether oxygens (including phenoxy) is 1. The molecule has 0 aromatic heterocycles. The molecular weight excluding hydrogens is 252 g/mol. The van der Waals surface area contributed by atoms with E-state index in [1.807, 2.05) is 12.1 Å². The first-order valence-electron chi connectivity index (χ1n) is 7.14. The molecule has 1 aromatic rings. The lowest BCUT2D eigenvalue weighted by atomic mass is 10.1. The van der Waals surface area contributed by atoms with Gasteiger partial charge in [-0.05, 0) is 37.0 Å². The summed E-state index contributed by atoms with van der Waals surface area (Å²) in [6.07, 6.45) is 0.890. The summed E-state index contributed by atoms with van der Waals surface area (Å²) in [5.74, 6) is 1.40. The zero-order valence-electron chi connectivity index (χ0n) is 12.9. The van der Waals surface area contributed by atoms with Crippen LogP contribution in [-0.2, 0) is 11.2 Å². The first-order valence-corrected chi connectivity index (χ1v) is 7.14. The quantitative estimate of drug-likeness (QED) is 0.764. The molecular formula is C16H26N2O2. The fourth-order valence-corrected chi connectivity index (χ4v) is 1.83. The van der Waals surface area contributed by atoms with E-state index in [1.165, 1.54) is 5.56 Å². The summed E-state index contributed by atoms with van der Waals surface area (Å²) in [6.45, 7) is 7.34. The van der Waals surface area contributed by atoms with Gasteiger partial charge < -0.3 is 15.4 Å². The fourth-order valence-electron chi connectivity index (χ4n) is 1.83. The van der Waals surface area contributed by atoms with Gasteiger partial charge in [0.1, 0.15) is 5.75 Å². The highest BCUT2D eigenvalue weighted by atomic mass is 16.5. The minimum absolute atomic E-state index is 0.0558. The van der Waals surface area contributed by atoms with Crippen molar-refractivity contribution in [1.29, 1.82) is 0 Å². The van der Waals surface area contributed by atoms with E-state index < -0.39 is 0 Å². The molecule has 112 valence electrons. The summed E-state index contributed by atoms with van der Waals surface area (Å²) in [5.41, 5.74) is 1.23. The summed E-state index contributed by atoms with van der Waals surface area (Å²) in [7, 11) is 1.66. The van der Waals surface area contributed by atoms with Crippen LogP contribution < -0.4 is 15.4 Å². The number of hydrogen-bond acceptors (Lipinski definition) is 3. The normalized spacial score (nSPS) is 12.2. The van der Waals surface area contributed by atoms with E-state index in [-0.39, 0.29) is 11.9 Å². The Bertz CT molecular complexity index is 401. The Balaban J connectivity index is 2.28. The van der Waals surface area contributed by atoms with E-state index in [2.05, 4.69) is 43.5 Å². The first kappa shape index (κ1) is 16.5. The summed E-state index contributed by atoms with van der Waals surface area (Å²) in [5, 5.41) is 6.14. The number of benzene rings is 1. The van der Waals surface area contributed by atoms with Crippen LogP contribution in [0.15, 0.2) is 24.3 Å². The standard InChI is InChI=1S/C16H26N2O2/c1-12(2)10-18-16(19)11-17-13(3)9-14-5-7-15(20-4)8-6-14/h5-8,12-13,17H,9-11H2,1-4H3,(H,18,19). The van der Waals surface area contributed by atoms with E-state index in [0.717, 1.165) is 18.7 Å². The molecule has 0 fully saturated rings. The van der Waals surface area contributed by atoms with Crippen molar-refractivity contribution in [2.24, 2.45) is 5.92 Å². The Kier molecular flexibility index (Phi) is 7.09. The third-order valence-corrected chi connectivity index (χ3v) is 3.02. The van der Waals surface area contributed by atoms with Crippen molar-refractivity contribution in [2.45, 2.75) is 33.2 Å². The number of methoxy groups -OCH3 is 1. The predicted molar refractivity (Wildman–Crippen MR) is 82.0 cm³/mol. The zero-order valence-corrected chi connectivity index (χ0v) is 12.9. The molecule has 4 nitrogen and oxygen atoms in total. The van der Waals surface area contributed by atoms with Crippen LogP contribution in [0.4, 0.5) is 0 Å². The number of nitrogens with one attached hydrogen (secondary N) is 2. The number of rotatable bonds is 8. The van der Waals surface area contributed by atoms with Crippen LogP contribution in [0.5, 0.6) is 5.75 Å². The summed E-state index contributed by atoms with van der Waals surface area (Å²) >= 11 is 0. The van der Waals surface area contributed by atoms with Crippen LogP contribution in [-0.4, -0.2) is 32.1 Å². The van der Waals surface area contributed by atoms with Gasteiger partial charge >= 0.3 is 0 Å². The Morgan fingerprint density at radius 1 is 1.20 bits per heavy atom. The molecule has 0 radical (unpaired) electrons. The number of hydrogen-bond donors (Lipinski definition) is 2. The maximum absolute atomic E-state index is 11.6.